The van der Waals surface area contributed by atoms with E-state index in [9.17, 15) is 36.7 Å². The van der Waals surface area contributed by atoms with Crippen molar-refractivity contribution >= 4 is 23.5 Å². The van der Waals surface area contributed by atoms with Gasteiger partial charge >= 0.3 is 17.8 Å². The van der Waals surface area contributed by atoms with E-state index in [2.05, 4.69) is 10.1 Å². The summed E-state index contributed by atoms with van der Waals surface area (Å²) in [5, 5.41) is 2.19. The third-order valence-corrected chi connectivity index (χ3v) is 4.91. The second kappa shape index (κ2) is 10.7. The summed E-state index contributed by atoms with van der Waals surface area (Å²) in [6, 6.07) is 1.67. The molecule has 1 aromatic heterocycles. The third-order valence-electron chi connectivity index (χ3n) is 4.61. The number of halogens is 5. The average Bonchev–Trinajstić information content (AvgIpc) is 2.75. The minimum Gasteiger partial charge on any atom is -0.479 e. The Morgan fingerprint density at radius 2 is 1.85 bits per heavy atom. The predicted molar refractivity (Wildman–Crippen MR) is 112 cm³/mol. The number of nitrogens with one attached hydrogen (secondary N) is 1. The zero-order valence-corrected chi connectivity index (χ0v) is 18.9. The number of methoxy groups -OCH3 is 1. The first-order chi connectivity index (χ1) is 15.8. The van der Waals surface area contributed by atoms with Gasteiger partial charge in [0.1, 0.15) is 17.3 Å². The molecule has 0 fully saturated rings. The van der Waals surface area contributed by atoms with Gasteiger partial charge in [-0.2, -0.15) is 13.2 Å². The molecule has 9 nitrogen and oxygen atoms in total. The number of ether oxygens (including phenoxy) is 2. The smallest absolute Gasteiger partial charge is 0.431 e. The molecule has 0 aliphatic heterocycles. The van der Waals surface area contributed by atoms with E-state index in [0.29, 0.717) is 12.5 Å². The second-order valence-corrected chi connectivity index (χ2v) is 7.41. The van der Waals surface area contributed by atoms with E-state index in [4.69, 9.17) is 16.3 Å². The average molecular weight is 510 g/mol. The van der Waals surface area contributed by atoms with Crippen molar-refractivity contribution in [1.29, 1.82) is 0 Å². The van der Waals surface area contributed by atoms with Gasteiger partial charge in [-0.25, -0.2) is 13.8 Å². The van der Waals surface area contributed by atoms with E-state index in [-0.39, 0.29) is 38.9 Å². The van der Waals surface area contributed by atoms with Gasteiger partial charge in [-0.05, 0) is 19.4 Å². The number of esters is 1. The molecule has 1 heterocycles. The van der Waals surface area contributed by atoms with Crippen LogP contribution in [0.2, 0.25) is 5.02 Å². The summed E-state index contributed by atoms with van der Waals surface area (Å²) in [7, 11) is 2.01. The molecule has 34 heavy (non-hydrogen) atoms. The number of aromatic nitrogens is 2. The number of alkyl halides is 3. The van der Waals surface area contributed by atoms with Crippen molar-refractivity contribution in [3.63, 3.8) is 0 Å². The molecule has 2 aromatic rings. The summed E-state index contributed by atoms with van der Waals surface area (Å²) in [6.07, 6.45) is -5.79. The summed E-state index contributed by atoms with van der Waals surface area (Å²) >= 11 is 5.94. The van der Waals surface area contributed by atoms with Crippen molar-refractivity contribution in [3.05, 3.63) is 55.6 Å². The van der Waals surface area contributed by atoms with Gasteiger partial charge in [0.25, 0.3) is 11.5 Å². The van der Waals surface area contributed by atoms with E-state index >= 15 is 0 Å². The molecule has 0 aliphatic carbocycles. The normalized spacial score (nSPS) is 12.2. The number of hydrogen-bond acceptors (Lipinski definition) is 6. The summed E-state index contributed by atoms with van der Waals surface area (Å²) < 4.78 is 63.9. The molecule has 2 rings (SSSR count). The highest BCUT2D eigenvalue weighted by molar-refractivity contribution is 6.32. The van der Waals surface area contributed by atoms with Crippen LogP contribution in [0, 0.1) is 5.82 Å². The Kier molecular flexibility index (Phi) is 8.48. The van der Waals surface area contributed by atoms with Crippen LogP contribution in [0.15, 0.2) is 27.8 Å². The fraction of sp³-hybridized carbons (Fsp3) is 0.400. The first kappa shape index (κ1) is 26.9. The maximum absolute atomic E-state index is 14.6. The Balaban J connectivity index is 2.32. The van der Waals surface area contributed by atoms with Gasteiger partial charge in [-0.3, -0.25) is 19.0 Å². The van der Waals surface area contributed by atoms with Crippen molar-refractivity contribution in [1.82, 2.24) is 14.5 Å². The Morgan fingerprint density at radius 3 is 2.44 bits per heavy atom. The number of carbonyl (C=O) groups is 2. The summed E-state index contributed by atoms with van der Waals surface area (Å²) in [5.41, 5.74) is -5.12. The van der Waals surface area contributed by atoms with Crippen LogP contribution in [0.3, 0.4) is 0 Å². The molecule has 1 unspecified atom stereocenters. The number of carbonyl (C=O) groups excluding carboxylic acids is 2. The fourth-order valence-electron chi connectivity index (χ4n) is 2.83. The van der Waals surface area contributed by atoms with Crippen LogP contribution >= 0.6 is 11.6 Å². The van der Waals surface area contributed by atoms with Crippen LogP contribution < -0.4 is 21.3 Å². The van der Waals surface area contributed by atoms with Crippen molar-refractivity contribution in [3.8, 4) is 11.4 Å². The summed E-state index contributed by atoms with van der Waals surface area (Å²) in [5.74, 6) is -2.55. The fourth-order valence-corrected chi connectivity index (χ4v) is 3.03. The molecule has 186 valence electrons. The number of benzene rings is 1. The van der Waals surface area contributed by atoms with E-state index in [1.165, 1.54) is 14.0 Å². The molecule has 0 bridgehead atoms. The molecule has 0 saturated carbocycles. The molecule has 1 aromatic carbocycles. The first-order valence-corrected chi connectivity index (χ1v) is 10.1. The maximum atomic E-state index is 14.6. The van der Waals surface area contributed by atoms with Crippen LogP contribution in [-0.4, -0.2) is 40.8 Å². The molecular formula is C20H20ClF4N3O6. The lowest BCUT2D eigenvalue weighted by molar-refractivity contribution is -0.144. The van der Waals surface area contributed by atoms with Gasteiger partial charge < -0.3 is 14.8 Å². The molecule has 14 heteroatoms. The topological polar surface area (TPSA) is 109 Å². The van der Waals surface area contributed by atoms with Gasteiger partial charge in [0.15, 0.2) is 6.10 Å². The van der Waals surface area contributed by atoms with Crippen molar-refractivity contribution in [2.24, 2.45) is 7.05 Å². The van der Waals surface area contributed by atoms with Gasteiger partial charge in [0.05, 0.1) is 17.8 Å². The lowest BCUT2D eigenvalue weighted by Gasteiger charge is -2.18. The predicted octanol–water partition coefficient (Wildman–Crippen LogP) is 2.18. The third kappa shape index (κ3) is 6.16. The highest BCUT2D eigenvalue weighted by Gasteiger charge is 2.35. The SMILES string of the molecule is COC(=O)CCCNC(=O)C(C)Oc1cc(-n2c(=O)cc(C(F)(F)F)n(C)c2=O)c(F)cc1Cl. The van der Waals surface area contributed by atoms with Crippen molar-refractivity contribution in [2.45, 2.75) is 32.0 Å². The Bertz CT molecular complexity index is 1210. The number of nitrogens with zero attached hydrogens (tertiary/aromatic N) is 2. The van der Waals surface area contributed by atoms with Crippen molar-refractivity contribution < 1.29 is 36.6 Å². The number of amides is 1. The molecular weight excluding hydrogens is 490 g/mol. The second-order valence-electron chi connectivity index (χ2n) is 7.01. The quantitative estimate of drug-likeness (QED) is 0.332. The van der Waals surface area contributed by atoms with E-state index in [1.807, 2.05) is 0 Å². The zero-order chi connectivity index (χ0) is 25.8. The minimum atomic E-state index is -4.99. The van der Waals surface area contributed by atoms with Crippen molar-refractivity contribution in [2.75, 3.05) is 13.7 Å². The van der Waals surface area contributed by atoms with E-state index in [0.717, 1.165) is 13.1 Å². The first-order valence-electron chi connectivity index (χ1n) is 9.68. The summed E-state index contributed by atoms with van der Waals surface area (Å²) in [6.45, 7) is 1.46. The molecule has 0 saturated heterocycles. The Hall–Kier alpha value is -3.35. The van der Waals surface area contributed by atoms with Crippen LogP contribution in [0.25, 0.3) is 5.69 Å². The van der Waals surface area contributed by atoms with Crippen LogP contribution in [0.4, 0.5) is 17.6 Å². The molecule has 0 aliphatic rings. The molecule has 1 atom stereocenters. The van der Waals surface area contributed by atoms with Crippen LogP contribution in [0.1, 0.15) is 25.5 Å². The largest absolute Gasteiger partial charge is 0.479 e. The van der Waals surface area contributed by atoms with E-state index < -0.39 is 52.6 Å². The maximum Gasteiger partial charge on any atom is 0.431 e. The lowest BCUT2D eigenvalue weighted by Crippen LogP contribution is -2.41. The molecule has 0 radical (unpaired) electrons. The Morgan fingerprint density at radius 1 is 1.21 bits per heavy atom. The van der Waals surface area contributed by atoms with Crippen LogP contribution in [0.5, 0.6) is 5.75 Å². The highest BCUT2D eigenvalue weighted by Crippen LogP contribution is 2.30. The van der Waals surface area contributed by atoms with Gasteiger partial charge in [0.2, 0.25) is 0 Å². The van der Waals surface area contributed by atoms with Gasteiger partial charge in [-0.1, -0.05) is 11.6 Å². The monoisotopic (exact) mass is 509 g/mol. The minimum absolute atomic E-state index is 0.0794. The van der Waals surface area contributed by atoms with Crippen LogP contribution in [-0.2, 0) is 27.5 Å². The Labute approximate surface area is 194 Å². The zero-order valence-electron chi connectivity index (χ0n) is 18.2. The van der Waals surface area contributed by atoms with Gasteiger partial charge in [-0.15, -0.1) is 0 Å². The highest BCUT2D eigenvalue weighted by atomic mass is 35.5. The lowest BCUT2D eigenvalue weighted by atomic mass is 10.2. The molecule has 1 N–H and O–H groups in total. The number of rotatable bonds is 8. The summed E-state index contributed by atoms with van der Waals surface area (Å²) in [4.78, 5) is 48.0. The standard InChI is InChI=1S/C20H20ClF4N3O6/c1-10(18(31)26-6-4-5-17(30)33-3)34-14-8-13(12(22)7-11(14)21)28-16(29)9-15(20(23,24)25)27(2)19(28)32/h7-10H,4-6H2,1-3H3,(H,26,31). The molecule has 0 spiro atoms. The van der Waals surface area contributed by atoms with Gasteiger partial charge in [0, 0.05) is 32.1 Å². The molecule has 1 amide bonds. The number of hydrogen-bond donors (Lipinski definition) is 1. The van der Waals surface area contributed by atoms with E-state index in [1.54, 1.807) is 0 Å².